The Bertz CT molecular complexity index is 2760. The zero-order valence-electron chi connectivity index (χ0n) is 28.1. The van der Waals surface area contributed by atoms with Crippen molar-refractivity contribution < 1.29 is 0 Å². The molecule has 0 unspecified atom stereocenters. The summed E-state index contributed by atoms with van der Waals surface area (Å²) in [6.45, 7) is 0. The fraction of sp³-hybridized carbons (Fsp3) is 0. The molecule has 10 rings (SSSR count). The van der Waals surface area contributed by atoms with Gasteiger partial charge in [-0.15, -0.1) is 0 Å². The van der Waals surface area contributed by atoms with E-state index >= 15 is 0 Å². The highest BCUT2D eigenvalue weighted by Crippen LogP contribution is 2.39. The van der Waals surface area contributed by atoms with Crippen molar-refractivity contribution >= 4 is 43.1 Å². The molecule has 0 spiro atoms. The van der Waals surface area contributed by atoms with Gasteiger partial charge in [0.25, 0.3) is 0 Å². The van der Waals surface area contributed by atoms with Crippen molar-refractivity contribution in [2.24, 2.45) is 0 Å². The Balaban J connectivity index is 1.26. The number of hydrogen-bond donors (Lipinski definition) is 0. The number of aromatic nitrogens is 4. The molecule has 0 aliphatic rings. The van der Waals surface area contributed by atoms with Crippen LogP contribution in [0.15, 0.2) is 182 Å². The summed E-state index contributed by atoms with van der Waals surface area (Å²) in [4.78, 5) is 19.5. The molecule has 2 heterocycles. The van der Waals surface area contributed by atoms with E-state index in [0.29, 0.717) is 17.5 Å². The van der Waals surface area contributed by atoms with Crippen molar-refractivity contribution in [1.29, 1.82) is 0 Å². The molecule has 0 aliphatic carbocycles. The van der Waals surface area contributed by atoms with Crippen molar-refractivity contribution in [3.8, 4) is 56.4 Å². The average molecular weight is 663 g/mol. The quantitative estimate of drug-likeness (QED) is 0.172. The van der Waals surface area contributed by atoms with Crippen molar-refractivity contribution in [2.75, 3.05) is 0 Å². The highest BCUT2D eigenvalue weighted by Gasteiger charge is 2.17. The molecule has 10 aromatic rings. The normalized spacial score (nSPS) is 11.5. The number of fused-ring (bicyclic) bond motifs is 4. The third-order valence-corrected chi connectivity index (χ3v) is 9.91. The first-order valence-corrected chi connectivity index (χ1v) is 17.4. The fourth-order valence-electron chi connectivity index (χ4n) is 7.36. The van der Waals surface area contributed by atoms with Crippen LogP contribution in [0.4, 0.5) is 0 Å². The Hall–Kier alpha value is -7.04. The molecule has 4 nitrogen and oxygen atoms in total. The lowest BCUT2D eigenvalue weighted by Gasteiger charge is -2.15. The molecule has 242 valence electrons. The lowest BCUT2D eigenvalue weighted by atomic mass is 9.90. The average Bonchev–Trinajstić information content (AvgIpc) is 3.22. The molecule has 0 fully saturated rings. The van der Waals surface area contributed by atoms with Crippen LogP contribution in [-0.2, 0) is 0 Å². The standard InChI is InChI=1S/C48H30N4/c1-2-10-31(11-3-1)46-50-47(32-20-22-49-23-21-32)52-48(51-46)41-27-39(42-18-8-16-37-24-33-12-4-6-14-35(33)29-44(37)42)26-40(28-41)43-19-9-17-38-25-34-13-5-7-15-36(34)30-45(38)43/h1-30H. The highest BCUT2D eigenvalue weighted by molar-refractivity contribution is 6.08. The van der Waals surface area contributed by atoms with E-state index in [-0.39, 0.29) is 0 Å². The maximum atomic E-state index is 5.14. The van der Waals surface area contributed by atoms with Gasteiger partial charge in [0.15, 0.2) is 17.5 Å². The van der Waals surface area contributed by atoms with E-state index < -0.39 is 0 Å². The van der Waals surface area contributed by atoms with Crippen LogP contribution in [0.5, 0.6) is 0 Å². The highest BCUT2D eigenvalue weighted by atomic mass is 15.0. The van der Waals surface area contributed by atoms with Gasteiger partial charge in [-0.25, -0.2) is 15.0 Å². The fourth-order valence-corrected chi connectivity index (χ4v) is 7.36. The summed E-state index contributed by atoms with van der Waals surface area (Å²) in [5.41, 5.74) is 7.23. The summed E-state index contributed by atoms with van der Waals surface area (Å²) >= 11 is 0. The van der Waals surface area contributed by atoms with Crippen molar-refractivity contribution in [1.82, 2.24) is 19.9 Å². The molecule has 52 heavy (non-hydrogen) atoms. The first-order chi connectivity index (χ1) is 25.7. The lowest BCUT2D eigenvalue weighted by Crippen LogP contribution is -2.00. The molecule has 2 aromatic heterocycles. The van der Waals surface area contributed by atoms with Crippen molar-refractivity contribution in [2.45, 2.75) is 0 Å². The second kappa shape index (κ2) is 12.4. The third kappa shape index (κ3) is 5.34. The second-order valence-corrected chi connectivity index (χ2v) is 13.2. The van der Waals surface area contributed by atoms with Gasteiger partial charge in [0.2, 0.25) is 0 Å². The Morgan fingerprint density at radius 1 is 0.269 bits per heavy atom. The topological polar surface area (TPSA) is 51.6 Å². The molecule has 0 amide bonds. The predicted octanol–water partition coefficient (Wildman–Crippen LogP) is 12.2. The number of hydrogen-bond acceptors (Lipinski definition) is 4. The zero-order chi connectivity index (χ0) is 34.4. The SMILES string of the molecule is c1ccc(-c2nc(-c3ccncc3)nc(-c3cc(-c4cccc5cc6ccccc6cc45)cc(-c4cccc5cc6ccccc6cc45)c3)n2)cc1. The van der Waals surface area contributed by atoms with Crippen molar-refractivity contribution in [3.05, 3.63) is 182 Å². The second-order valence-electron chi connectivity index (χ2n) is 13.2. The Kier molecular flexibility index (Phi) is 7.10. The number of benzene rings is 8. The summed E-state index contributed by atoms with van der Waals surface area (Å²) in [5.74, 6) is 1.84. The Morgan fingerprint density at radius 3 is 1.19 bits per heavy atom. The van der Waals surface area contributed by atoms with Gasteiger partial charge in [-0.2, -0.15) is 0 Å². The van der Waals surface area contributed by atoms with E-state index in [1.807, 2.05) is 42.5 Å². The van der Waals surface area contributed by atoms with Crippen LogP contribution >= 0.6 is 0 Å². The molecule has 0 N–H and O–H groups in total. The van der Waals surface area contributed by atoms with Gasteiger partial charge in [-0.05, 0) is 120 Å². The van der Waals surface area contributed by atoms with Gasteiger partial charge in [-0.1, -0.05) is 115 Å². The molecule has 0 saturated carbocycles. The summed E-state index contributed by atoms with van der Waals surface area (Å²) in [6, 6.07) is 60.2. The van der Waals surface area contributed by atoms with Crippen LogP contribution < -0.4 is 0 Å². The maximum absolute atomic E-state index is 5.14. The van der Waals surface area contributed by atoms with Crippen LogP contribution in [0.25, 0.3) is 99.5 Å². The number of nitrogens with zero attached hydrogens (tertiary/aromatic N) is 4. The molecule has 0 bridgehead atoms. The molecular weight excluding hydrogens is 633 g/mol. The first kappa shape index (κ1) is 29.8. The summed E-state index contributed by atoms with van der Waals surface area (Å²) in [7, 11) is 0. The molecule has 4 heteroatoms. The summed E-state index contributed by atoms with van der Waals surface area (Å²) < 4.78 is 0. The van der Waals surface area contributed by atoms with Crippen LogP contribution in [0.2, 0.25) is 0 Å². The van der Waals surface area contributed by atoms with Gasteiger partial charge < -0.3 is 0 Å². The smallest absolute Gasteiger partial charge is 0.164 e. The minimum atomic E-state index is 0.603. The minimum Gasteiger partial charge on any atom is -0.265 e. The lowest BCUT2D eigenvalue weighted by molar-refractivity contribution is 1.07. The van der Waals surface area contributed by atoms with E-state index in [1.165, 1.54) is 43.1 Å². The molecule has 0 aliphatic heterocycles. The Labute approximate surface area is 300 Å². The molecule has 0 atom stereocenters. The first-order valence-electron chi connectivity index (χ1n) is 17.4. The molecule has 0 radical (unpaired) electrons. The number of rotatable bonds is 5. The largest absolute Gasteiger partial charge is 0.265 e. The van der Waals surface area contributed by atoms with Crippen LogP contribution in [0.1, 0.15) is 0 Å². The van der Waals surface area contributed by atoms with E-state index in [9.17, 15) is 0 Å². The Morgan fingerprint density at radius 2 is 0.673 bits per heavy atom. The van der Waals surface area contributed by atoms with E-state index in [1.54, 1.807) is 12.4 Å². The van der Waals surface area contributed by atoms with E-state index in [2.05, 4.69) is 132 Å². The summed E-state index contributed by atoms with van der Waals surface area (Å²) in [6.07, 6.45) is 3.54. The van der Waals surface area contributed by atoms with Gasteiger partial charge >= 0.3 is 0 Å². The molecule has 0 saturated heterocycles. The zero-order valence-corrected chi connectivity index (χ0v) is 28.1. The van der Waals surface area contributed by atoms with Gasteiger partial charge in [0, 0.05) is 29.1 Å². The predicted molar refractivity (Wildman–Crippen MR) is 215 cm³/mol. The number of pyridine rings is 1. The van der Waals surface area contributed by atoms with Crippen molar-refractivity contribution in [3.63, 3.8) is 0 Å². The molecular formula is C48H30N4. The monoisotopic (exact) mass is 662 g/mol. The van der Waals surface area contributed by atoms with Crippen LogP contribution in [-0.4, -0.2) is 19.9 Å². The van der Waals surface area contributed by atoms with E-state index in [4.69, 9.17) is 15.0 Å². The van der Waals surface area contributed by atoms with Crippen LogP contribution in [0.3, 0.4) is 0 Å². The minimum absolute atomic E-state index is 0.603. The van der Waals surface area contributed by atoms with Gasteiger partial charge in [0.05, 0.1) is 0 Å². The van der Waals surface area contributed by atoms with Crippen LogP contribution in [0, 0.1) is 0 Å². The molecule has 8 aromatic carbocycles. The summed E-state index contributed by atoms with van der Waals surface area (Å²) in [5, 5.41) is 9.69. The van der Waals surface area contributed by atoms with E-state index in [0.717, 1.165) is 38.9 Å². The maximum Gasteiger partial charge on any atom is 0.164 e. The van der Waals surface area contributed by atoms with Gasteiger partial charge in [0.1, 0.15) is 0 Å². The van der Waals surface area contributed by atoms with Gasteiger partial charge in [-0.3, -0.25) is 4.98 Å². The third-order valence-electron chi connectivity index (χ3n) is 9.91.